The molecule has 2 atom stereocenters. The highest BCUT2D eigenvalue weighted by Gasteiger charge is 2.38. The average molecular weight is 231 g/mol. The van der Waals surface area contributed by atoms with Crippen LogP contribution < -0.4 is 5.32 Å². The Morgan fingerprint density at radius 1 is 1.27 bits per heavy atom. The highest BCUT2D eigenvalue weighted by Crippen LogP contribution is 2.13. The largest absolute Gasteiger partial charge is 0.490 e. The molecule has 1 fully saturated rings. The number of aliphatic hydroxyl groups excluding tert-OH is 2. The minimum absolute atomic E-state index is 0.191. The van der Waals surface area contributed by atoms with E-state index in [9.17, 15) is 13.2 Å². The summed E-state index contributed by atoms with van der Waals surface area (Å²) in [4.78, 5) is 8.90. The van der Waals surface area contributed by atoms with E-state index in [1.54, 1.807) is 0 Å². The van der Waals surface area contributed by atoms with Crippen molar-refractivity contribution >= 4 is 5.97 Å². The summed E-state index contributed by atoms with van der Waals surface area (Å²) in [5, 5.41) is 27.0. The van der Waals surface area contributed by atoms with E-state index in [0.29, 0.717) is 0 Å². The first-order valence-corrected chi connectivity index (χ1v) is 4.09. The molecule has 0 amide bonds. The second-order valence-corrected chi connectivity index (χ2v) is 2.96. The SMILES string of the molecule is O=C(O)C(F)(F)F.OC[C@H]1C[C@H](CO)N1. The molecule has 0 aromatic rings. The van der Waals surface area contributed by atoms with Gasteiger partial charge in [0.1, 0.15) is 0 Å². The summed E-state index contributed by atoms with van der Waals surface area (Å²) in [6, 6.07) is 0.485. The predicted molar refractivity (Wildman–Crippen MR) is 43.2 cm³/mol. The van der Waals surface area contributed by atoms with Crippen LogP contribution in [0.15, 0.2) is 0 Å². The number of carboxylic acid groups (broad SMARTS) is 1. The summed E-state index contributed by atoms with van der Waals surface area (Å²) in [5.41, 5.74) is 0. The summed E-state index contributed by atoms with van der Waals surface area (Å²) >= 11 is 0. The minimum atomic E-state index is -5.08. The normalized spacial score (nSPS) is 24.9. The van der Waals surface area contributed by atoms with Gasteiger partial charge in [0, 0.05) is 12.1 Å². The van der Waals surface area contributed by atoms with E-state index in [1.165, 1.54) is 0 Å². The maximum atomic E-state index is 10.6. The maximum absolute atomic E-state index is 10.6. The smallest absolute Gasteiger partial charge is 0.475 e. The number of aliphatic hydroxyl groups is 2. The number of alkyl halides is 3. The molecule has 0 aromatic heterocycles. The van der Waals surface area contributed by atoms with Crippen LogP contribution in [-0.4, -0.2) is 52.8 Å². The molecule has 0 unspecified atom stereocenters. The first-order chi connectivity index (χ1) is 6.81. The van der Waals surface area contributed by atoms with Gasteiger partial charge in [-0.15, -0.1) is 0 Å². The quantitative estimate of drug-likeness (QED) is 0.506. The molecule has 8 heteroatoms. The summed E-state index contributed by atoms with van der Waals surface area (Å²) in [6.45, 7) is 0.382. The predicted octanol–water partition coefficient (Wildman–Crippen LogP) is -0.665. The van der Waals surface area contributed by atoms with Gasteiger partial charge in [0.05, 0.1) is 13.2 Å². The van der Waals surface area contributed by atoms with Crippen LogP contribution in [0.3, 0.4) is 0 Å². The number of nitrogens with one attached hydrogen (secondary N) is 1. The Morgan fingerprint density at radius 2 is 1.53 bits per heavy atom. The second-order valence-electron chi connectivity index (χ2n) is 2.96. The third-order valence-electron chi connectivity index (χ3n) is 1.72. The molecular weight excluding hydrogens is 219 g/mol. The van der Waals surface area contributed by atoms with Gasteiger partial charge in [-0.2, -0.15) is 13.2 Å². The van der Waals surface area contributed by atoms with E-state index < -0.39 is 12.1 Å². The summed E-state index contributed by atoms with van der Waals surface area (Å²) in [5.74, 6) is -2.76. The Balaban J connectivity index is 0.000000265. The minimum Gasteiger partial charge on any atom is -0.475 e. The average Bonchev–Trinajstić information content (AvgIpc) is 2.02. The van der Waals surface area contributed by atoms with Crippen molar-refractivity contribution in [1.82, 2.24) is 5.32 Å². The number of hydrogen-bond donors (Lipinski definition) is 4. The van der Waals surface area contributed by atoms with Crippen LogP contribution in [0.25, 0.3) is 0 Å². The topological polar surface area (TPSA) is 89.8 Å². The molecule has 1 aliphatic rings. The molecule has 0 aliphatic carbocycles. The van der Waals surface area contributed by atoms with E-state index >= 15 is 0 Å². The number of carboxylic acids is 1. The van der Waals surface area contributed by atoms with Crippen LogP contribution in [-0.2, 0) is 4.79 Å². The molecule has 1 saturated heterocycles. The lowest BCUT2D eigenvalue weighted by atomic mass is 9.99. The second kappa shape index (κ2) is 5.89. The molecule has 4 N–H and O–H groups in total. The zero-order valence-electron chi connectivity index (χ0n) is 7.66. The van der Waals surface area contributed by atoms with E-state index in [0.717, 1.165) is 6.42 Å². The third kappa shape index (κ3) is 5.55. The van der Waals surface area contributed by atoms with Crippen molar-refractivity contribution in [1.29, 1.82) is 0 Å². The van der Waals surface area contributed by atoms with Crippen LogP contribution >= 0.6 is 0 Å². The monoisotopic (exact) mass is 231 g/mol. The van der Waals surface area contributed by atoms with Crippen LogP contribution in [0.4, 0.5) is 13.2 Å². The maximum Gasteiger partial charge on any atom is 0.490 e. The standard InChI is InChI=1S/C5H11NO2.C2HF3O2/c7-2-4-1-5(3-8)6-4;3-2(4,5)1(6)7/h4-8H,1-3H2;(H,6,7)/t4-,5-;/m1./s1. The lowest BCUT2D eigenvalue weighted by Crippen LogP contribution is -2.55. The summed E-state index contributed by atoms with van der Waals surface area (Å²) in [7, 11) is 0. The third-order valence-corrected chi connectivity index (χ3v) is 1.72. The van der Waals surface area contributed by atoms with Crippen molar-refractivity contribution in [2.24, 2.45) is 0 Å². The number of carbonyl (C=O) groups is 1. The van der Waals surface area contributed by atoms with Crippen molar-refractivity contribution in [2.45, 2.75) is 24.7 Å². The molecule has 90 valence electrons. The van der Waals surface area contributed by atoms with Gasteiger partial charge in [0.15, 0.2) is 0 Å². The Morgan fingerprint density at radius 3 is 1.67 bits per heavy atom. The summed E-state index contributed by atoms with van der Waals surface area (Å²) in [6.07, 6.45) is -4.17. The Hall–Kier alpha value is -0.860. The number of halogens is 3. The zero-order chi connectivity index (χ0) is 12.1. The van der Waals surface area contributed by atoms with Crippen LogP contribution in [0, 0.1) is 0 Å². The van der Waals surface area contributed by atoms with Gasteiger partial charge in [-0.3, -0.25) is 0 Å². The molecule has 0 radical (unpaired) electrons. The van der Waals surface area contributed by atoms with Gasteiger partial charge >= 0.3 is 12.1 Å². The van der Waals surface area contributed by atoms with E-state index in [1.807, 2.05) is 0 Å². The van der Waals surface area contributed by atoms with Crippen molar-refractivity contribution in [3.8, 4) is 0 Å². The van der Waals surface area contributed by atoms with Crippen LogP contribution in [0.1, 0.15) is 6.42 Å². The van der Waals surface area contributed by atoms with Gasteiger partial charge in [-0.05, 0) is 6.42 Å². The molecule has 0 aromatic carbocycles. The lowest BCUT2D eigenvalue weighted by molar-refractivity contribution is -0.192. The van der Waals surface area contributed by atoms with Crippen molar-refractivity contribution in [2.75, 3.05) is 13.2 Å². The molecule has 1 heterocycles. The van der Waals surface area contributed by atoms with Crippen molar-refractivity contribution in [3.05, 3.63) is 0 Å². The summed E-state index contributed by atoms with van der Waals surface area (Å²) < 4.78 is 31.7. The highest BCUT2D eigenvalue weighted by molar-refractivity contribution is 5.73. The highest BCUT2D eigenvalue weighted by atomic mass is 19.4. The van der Waals surface area contributed by atoms with Crippen molar-refractivity contribution < 1.29 is 33.3 Å². The molecule has 15 heavy (non-hydrogen) atoms. The Kier molecular flexibility index (Phi) is 5.55. The number of rotatable bonds is 2. The first kappa shape index (κ1) is 14.1. The van der Waals surface area contributed by atoms with E-state index in [4.69, 9.17) is 20.1 Å². The number of aliphatic carboxylic acids is 1. The van der Waals surface area contributed by atoms with Gasteiger partial charge in [-0.1, -0.05) is 0 Å². The number of hydrogen-bond acceptors (Lipinski definition) is 4. The van der Waals surface area contributed by atoms with Crippen molar-refractivity contribution in [3.63, 3.8) is 0 Å². The molecular formula is C7H12F3NO4. The molecule has 0 bridgehead atoms. The Bertz CT molecular complexity index is 195. The molecule has 1 aliphatic heterocycles. The van der Waals surface area contributed by atoms with Gasteiger partial charge in [0.2, 0.25) is 0 Å². The fraction of sp³-hybridized carbons (Fsp3) is 0.857. The molecule has 0 spiro atoms. The molecule has 1 rings (SSSR count). The van der Waals surface area contributed by atoms with E-state index in [-0.39, 0.29) is 25.3 Å². The fourth-order valence-corrected chi connectivity index (χ4v) is 0.907. The molecule has 0 saturated carbocycles. The van der Waals surface area contributed by atoms with Gasteiger partial charge in [0.25, 0.3) is 0 Å². The van der Waals surface area contributed by atoms with E-state index in [2.05, 4.69) is 5.32 Å². The first-order valence-electron chi connectivity index (χ1n) is 4.09. The Labute approximate surface area is 83.5 Å². The fourth-order valence-electron chi connectivity index (χ4n) is 0.907. The van der Waals surface area contributed by atoms with Gasteiger partial charge in [-0.25, -0.2) is 4.79 Å². The van der Waals surface area contributed by atoms with Gasteiger partial charge < -0.3 is 20.6 Å². The lowest BCUT2D eigenvalue weighted by Gasteiger charge is -2.34. The zero-order valence-corrected chi connectivity index (χ0v) is 7.66. The van der Waals surface area contributed by atoms with Crippen LogP contribution in [0.2, 0.25) is 0 Å². The van der Waals surface area contributed by atoms with Crippen LogP contribution in [0.5, 0.6) is 0 Å². The molecule has 5 nitrogen and oxygen atoms in total.